The van der Waals surface area contributed by atoms with Gasteiger partial charge in [0.2, 0.25) is 10.0 Å². The van der Waals surface area contributed by atoms with Crippen molar-refractivity contribution in [3.63, 3.8) is 0 Å². The van der Waals surface area contributed by atoms with E-state index < -0.39 is 15.3 Å². The number of sulfonamides is 1. The third kappa shape index (κ3) is 3.20. The Balaban J connectivity index is 3.08. The van der Waals surface area contributed by atoms with E-state index in [0.717, 1.165) is 12.0 Å². The largest absolute Gasteiger partial charge is 0.218 e. The molecule has 0 saturated heterocycles. The first-order chi connectivity index (χ1) is 7.51. The standard InChI is InChI=1S/C11H16ClNO2S/c1-3-4-11(16(14,15)13-2)9-5-7-10(12)8-6-9/h5-8,11,13H,3-4H2,1-2H3. The molecule has 1 N–H and O–H groups in total. The Morgan fingerprint density at radius 2 is 1.88 bits per heavy atom. The molecule has 90 valence electrons. The first kappa shape index (κ1) is 13.5. The van der Waals surface area contributed by atoms with Gasteiger partial charge in [0.1, 0.15) is 5.25 Å². The Bertz CT molecular complexity index is 428. The minimum Gasteiger partial charge on any atom is -0.218 e. The van der Waals surface area contributed by atoms with Gasteiger partial charge in [-0.05, 0) is 31.2 Å². The lowest BCUT2D eigenvalue weighted by Crippen LogP contribution is -2.25. The van der Waals surface area contributed by atoms with E-state index in [9.17, 15) is 8.42 Å². The summed E-state index contributed by atoms with van der Waals surface area (Å²) in [6, 6.07) is 6.95. The Labute approximate surface area is 102 Å². The van der Waals surface area contributed by atoms with Crippen LogP contribution in [0.1, 0.15) is 30.6 Å². The molecule has 0 bridgehead atoms. The van der Waals surface area contributed by atoms with Crippen LogP contribution >= 0.6 is 11.6 Å². The smallest absolute Gasteiger partial charge is 0.218 e. The maximum absolute atomic E-state index is 11.8. The molecule has 0 heterocycles. The molecule has 0 radical (unpaired) electrons. The quantitative estimate of drug-likeness (QED) is 0.886. The van der Waals surface area contributed by atoms with Crippen molar-refractivity contribution in [2.24, 2.45) is 0 Å². The predicted octanol–water partition coefficient (Wildman–Crippen LogP) is 2.73. The van der Waals surface area contributed by atoms with Crippen LogP contribution in [0.25, 0.3) is 0 Å². The summed E-state index contributed by atoms with van der Waals surface area (Å²) in [5.41, 5.74) is 0.778. The summed E-state index contributed by atoms with van der Waals surface area (Å²) in [5.74, 6) is 0. The van der Waals surface area contributed by atoms with Crippen molar-refractivity contribution in [3.8, 4) is 0 Å². The van der Waals surface area contributed by atoms with Gasteiger partial charge in [0.05, 0.1) is 0 Å². The molecular formula is C11H16ClNO2S. The second-order valence-corrected chi connectivity index (χ2v) is 6.08. The number of benzene rings is 1. The van der Waals surface area contributed by atoms with Crippen LogP contribution in [0.5, 0.6) is 0 Å². The average molecular weight is 262 g/mol. The third-order valence-electron chi connectivity index (χ3n) is 2.45. The minimum atomic E-state index is -3.28. The Morgan fingerprint density at radius 3 is 2.31 bits per heavy atom. The van der Waals surface area contributed by atoms with Crippen LogP contribution < -0.4 is 4.72 Å². The summed E-state index contributed by atoms with van der Waals surface area (Å²) >= 11 is 5.78. The normalized spacial score (nSPS) is 13.7. The summed E-state index contributed by atoms with van der Waals surface area (Å²) < 4.78 is 26.0. The molecule has 0 fully saturated rings. The fourth-order valence-corrected chi connectivity index (χ4v) is 3.05. The van der Waals surface area contributed by atoms with E-state index in [1.807, 2.05) is 6.92 Å². The van der Waals surface area contributed by atoms with Gasteiger partial charge >= 0.3 is 0 Å². The highest BCUT2D eigenvalue weighted by atomic mass is 35.5. The average Bonchev–Trinajstić information content (AvgIpc) is 2.27. The van der Waals surface area contributed by atoms with E-state index in [1.165, 1.54) is 7.05 Å². The zero-order valence-corrected chi connectivity index (χ0v) is 11.0. The first-order valence-electron chi connectivity index (χ1n) is 5.19. The molecule has 3 nitrogen and oxygen atoms in total. The monoisotopic (exact) mass is 261 g/mol. The van der Waals surface area contributed by atoms with Gasteiger partial charge in [0.25, 0.3) is 0 Å². The number of hydrogen-bond donors (Lipinski definition) is 1. The van der Waals surface area contributed by atoms with E-state index in [2.05, 4.69) is 4.72 Å². The molecule has 16 heavy (non-hydrogen) atoms. The van der Waals surface area contributed by atoms with Crippen molar-refractivity contribution in [2.45, 2.75) is 25.0 Å². The maximum atomic E-state index is 11.8. The first-order valence-corrected chi connectivity index (χ1v) is 7.11. The fraction of sp³-hybridized carbons (Fsp3) is 0.455. The predicted molar refractivity (Wildman–Crippen MR) is 67.1 cm³/mol. The van der Waals surface area contributed by atoms with E-state index in [-0.39, 0.29) is 0 Å². The van der Waals surface area contributed by atoms with Crippen LogP contribution in [0.3, 0.4) is 0 Å². The molecule has 1 aromatic rings. The fourth-order valence-electron chi connectivity index (χ4n) is 1.58. The molecule has 0 spiro atoms. The SMILES string of the molecule is CCCC(c1ccc(Cl)cc1)S(=O)(=O)NC. The molecule has 5 heteroatoms. The van der Waals surface area contributed by atoms with Crippen LogP contribution in [-0.2, 0) is 10.0 Å². The summed E-state index contributed by atoms with van der Waals surface area (Å²) in [7, 11) is -1.84. The van der Waals surface area contributed by atoms with Crippen molar-refractivity contribution in [2.75, 3.05) is 7.05 Å². The van der Waals surface area contributed by atoms with Gasteiger partial charge in [-0.2, -0.15) is 0 Å². The van der Waals surface area contributed by atoms with Gasteiger partial charge in [-0.15, -0.1) is 0 Å². The second kappa shape index (κ2) is 5.66. The lowest BCUT2D eigenvalue weighted by Gasteiger charge is -2.16. The minimum absolute atomic E-state index is 0.500. The van der Waals surface area contributed by atoms with E-state index in [0.29, 0.717) is 11.4 Å². The summed E-state index contributed by atoms with van der Waals surface area (Å²) in [6.07, 6.45) is 1.42. The van der Waals surface area contributed by atoms with Crippen molar-refractivity contribution in [3.05, 3.63) is 34.9 Å². The Kier molecular flexibility index (Phi) is 4.77. The molecule has 0 saturated carbocycles. The number of rotatable bonds is 5. The summed E-state index contributed by atoms with van der Waals surface area (Å²) in [6.45, 7) is 1.97. The summed E-state index contributed by atoms with van der Waals surface area (Å²) in [4.78, 5) is 0. The van der Waals surface area contributed by atoms with Crippen molar-refractivity contribution in [1.82, 2.24) is 4.72 Å². The number of hydrogen-bond acceptors (Lipinski definition) is 2. The van der Waals surface area contributed by atoms with Crippen molar-refractivity contribution >= 4 is 21.6 Å². The maximum Gasteiger partial charge on any atom is 0.218 e. The Morgan fingerprint density at radius 1 is 1.31 bits per heavy atom. The van der Waals surface area contributed by atoms with E-state index >= 15 is 0 Å². The molecule has 0 aliphatic heterocycles. The third-order valence-corrected chi connectivity index (χ3v) is 4.53. The topological polar surface area (TPSA) is 46.2 Å². The lowest BCUT2D eigenvalue weighted by atomic mass is 10.1. The molecule has 1 atom stereocenters. The summed E-state index contributed by atoms with van der Waals surface area (Å²) in [5, 5.41) is 0.112. The molecule has 0 aliphatic carbocycles. The van der Waals surface area contributed by atoms with Gasteiger partial charge in [-0.25, -0.2) is 13.1 Å². The van der Waals surface area contributed by atoms with E-state index in [4.69, 9.17) is 11.6 Å². The van der Waals surface area contributed by atoms with Crippen molar-refractivity contribution in [1.29, 1.82) is 0 Å². The Hall–Kier alpha value is -0.580. The van der Waals surface area contributed by atoms with Crippen molar-refractivity contribution < 1.29 is 8.42 Å². The lowest BCUT2D eigenvalue weighted by molar-refractivity contribution is 0.565. The highest BCUT2D eigenvalue weighted by Crippen LogP contribution is 2.27. The van der Waals surface area contributed by atoms with Crippen LogP contribution in [0.2, 0.25) is 5.02 Å². The van der Waals surface area contributed by atoms with Gasteiger partial charge in [0.15, 0.2) is 0 Å². The zero-order chi connectivity index (χ0) is 12.2. The zero-order valence-electron chi connectivity index (χ0n) is 9.40. The molecule has 0 aromatic heterocycles. The number of halogens is 1. The van der Waals surface area contributed by atoms with Crippen LogP contribution in [0.4, 0.5) is 0 Å². The van der Waals surface area contributed by atoms with Gasteiger partial charge in [0, 0.05) is 5.02 Å². The van der Waals surface area contributed by atoms with Gasteiger partial charge in [-0.1, -0.05) is 37.1 Å². The molecule has 0 amide bonds. The molecule has 1 unspecified atom stereocenters. The van der Waals surface area contributed by atoms with Crippen LogP contribution in [0, 0.1) is 0 Å². The highest BCUT2D eigenvalue weighted by molar-refractivity contribution is 7.89. The van der Waals surface area contributed by atoms with Gasteiger partial charge in [-0.3, -0.25) is 0 Å². The second-order valence-electron chi connectivity index (χ2n) is 3.58. The number of nitrogens with one attached hydrogen (secondary N) is 1. The molecule has 1 aromatic carbocycles. The molecule has 0 aliphatic rings. The van der Waals surface area contributed by atoms with Gasteiger partial charge < -0.3 is 0 Å². The van der Waals surface area contributed by atoms with Crippen LogP contribution in [-0.4, -0.2) is 15.5 Å². The van der Waals surface area contributed by atoms with E-state index in [1.54, 1.807) is 24.3 Å². The van der Waals surface area contributed by atoms with Crippen LogP contribution in [0.15, 0.2) is 24.3 Å². The molecular weight excluding hydrogens is 246 g/mol. The molecule has 1 rings (SSSR count). The highest BCUT2D eigenvalue weighted by Gasteiger charge is 2.24.